The average Bonchev–Trinajstić information content (AvgIpc) is 3.32. The minimum Gasteiger partial charge on any atom is -0.326 e. The zero-order valence-electron chi connectivity index (χ0n) is 13.5. The number of benzene rings is 1. The summed E-state index contributed by atoms with van der Waals surface area (Å²) < 4.78 is 40.8. The lowest BCUT2D eigenvalue weighted by atomic mass is 9.92. The highest BCUT2D eigenvalue weighted by Gasteiger charge is 2.30. The van der Waals surface area contributed by atoms with Gasteiger partial charge in [0, 0.05) is 23.7 Å². The second-order valence-corrected chi connectivity index (χ2v) is 8.29. The zero-order chi connectivity index (χ0) is 17.3. The van der Waals surface area contributed by atoms with Crippen LogP contribution in [0.3, 0.4) is 0 Å². The normalized spacial score (nSPS) is 24.6. The van der Waals surface area contributed by atoms with Crippen LogP contribution in [0.1, 0.15) is 32.6 Å². The summed E-state index contributed by atoms with van der Waals surface area (Å²) in [6.45, 7) is 2.79. The molecule has 1 saturated carbocycles. The van der Waals surface area contributed by atoms with Crippen LogP contribution in [-0.2, 0) is 14.8 Å². The molecule has 0 bridgehead atoms. The summed E-state index contributed by atoms with van der Waals surface area (Å²) in [5, 5.41) is 5.99. The molecule has 8 heteroatoms. The minimum atomic E-state index is -3.91. The first-order valence-corrected chi connectivity index (χ1v) is 9.69. The fourth-order valence-corrected chi connectivity index (χ4v) is 4.29. The fourth-order valence-electron chi connectivity index (χ4n) is 2.89. The molecule has 2 atom stereocenters. The van der Waals surface area contributed by atoms with E-state index in [2.05, 4.69) is 15.4 Å². The van der Waals surface area contributed by atoms with E-state index in [0.29, 0.717) is 5.69 Å². The molecule has 2 aliphatic rings. The van der Waals surface area contributed by atoms with Crippen LogP contribution in [-0.4, -0.2) is 33.0 Å². The molecule has 1 saturated heterocycles. The Hall–Kier alpha value is -1.51. The van der Waals surface area contributed by atoms with Crippen molar-refractivity contribution < 1.29 is 17.6 Å². The molecule has 3 rings (SSSR count). The number of halogens is 1. The van der Waals surface area contributed by atoms with E-state index in [4.69, 9.17) is 0 Å². The lowest BCUT2D eigenvalue weighted by molar-refractivity contribution is -0.120. The third-order valence-electron chi connectivity index (χ3n) is 4.38. The quantitative estimate of drug-likeness (QED) is 0.749. The average molecular weight is 355 g/mol. The monoisotopic (exact) mass is 355 g/mol. The van der Waals surface area contributed by atoms with E-state index in [9.17, 15) is 17.6 Å². The summed E-state index contributed by atoms with van der Waals surface area (Å²) in [6.07, 6.45) is 2.99. The standard InChI is InChI=1S/C16H22FN3O3S/c1-10-8-11(6-7-18-10)16(21)19-13-4-5-14(17)15(9-13)24(22,23)20-12-2-3-12/h4-5,9-12,18,20H,2-3,6-8H2,1H3,(H,19,21)/t10-,11-/m0/s1. The molecule has 6 nitrogen and oxygen atoms in total. The Morgan fingerprint density at radius 3 is 2.71 bits per heavy atom. The highest BCUT2D eigenvalue weighted by molar-refractivity contribution is 7.89. The summed E-state index contributed by atoms with van der Waals surface area (Å²) in [5.74, 6) is -1.11. The van der Waals surface area contributed by atoms with E-state index < -0.39 is 20.7 Å². The van der Waals surface area contributed by atoms with Gasteiger partial charge < -0.3 is 10.6 Å². The lowest BCUT2D eigenvalue weighted by Crippen LogP contribution is -2.40. The second kappa shape index (κ2) is 6.78. The van der Waals surface area contributed by atoms with E-state index in [-0.39, 0.29) is 23.9 Å². The number of hydrogen-bond donors (Lipinski definition) is 3. The van der Waals surface area contributed by atoms with Crippen LogP contribution in [0.5, 0.6) is 0 Å². The van der Waals surface area contributed by atoms with Crippen molar-refractivity contribution in [2.24, 2.45) is 5.92 Å². The molecule has 132 valence electrons. The van der Waals surface area contributed by atoms with Gasteiger partial charge in [-0.05, 0) is 57.4 Å². The molecular weight excluding hydrogens is 333 g/mol. The SMILES string of the molecule is C[C@H]1C[C@@H](C(=O)Nc2ccc(F)c(S(=O)(=O)NC3CC3)c2)CCN1. The van der Waals surface area contributed by atoms with Crippen molar-refractivity contribution in [2.75, 3.05) is 11.9 Å². The Morgan fingerprint density at radius 2 is 2.04 bits per heavy atom. The minimum absolute atomic E-state index is 0.108. The Morgan fingerprint density at radius 1 is 1.29 bits per heavy atom. The number of amides is 1. The van der Waals surface area contributed by atoms with Crippen LogP contribution in [0.25, 0.3) is 0 Å². The predicted octanol–water partition coefficient (Wildman–Crippen LogP) is 1.59. The van der Waals surface area contributed by atoms with Crippen molar-refractivity contribution >= 4 is 21.6 Å². The van der Waals surface area contributed by atoms with Crippen LogP contribution >= 0.6 is 0 Å². The number of carbonyl (C=O) groups excluding carboxylic acids is 1. The first-order valence-electron chi connectivity index (χ1n) is 8.21. The first-order chi connectivity index (χ1) is 11.3. The molecule has 24 heavy (non-hydrogen) atoms. The molecule has 1 heterocycles. The van der Waals surface area contributed by atoms with Crippen molar-refractivity contribution in [1.29, 1.82) is 0 Å². The van der Waals surface area contributed by atoms with Gasteiger partial charge in [0.15, 0.2) is 0 Å². The van der Waals surface area contributed by atoms with Crippen molar-refractivity contribution in [3.8, 4) is 0 Å². The Labute approximate surface area is 141 Å². The van der Waals surface area contributed by atoms with E-state index >= 15 is 0 Å². The molecule has 2 fully saturated rings. The van der Waals surface area contributed by atoms with Gasteiger partial charge in [-0.3, -0.25) is 4.79 Å². The number of piperidine rings is 1. The summed E-state index contributed by atoms with van der Waals surface area (Å²) in [4.78, 5) is 11.9. The van der Waals surface area contributed by atoms with E-state index in [1.807, 2.05) is 6.92 Å². The van der Waals surface area contributed by atoms with Gasteiger partial charge in [-0.15, -0.1) is 0 Å². The molecule has 0 spiro atoms. The van der Waals surface area contributed by atoms with Gasteiger partial charge in [-0.1, -0.05) is 0 Å². The highest BCUT2D eigenvalue weighted by Crippen LogP contribution is 2.26. The van der Waals surface area contributed by atoms with Gasteiger partial charge in [0.25, 0.3) is 0 Å². The molecule has 1 aromatic carbocycles. The van der Waals surface area contributed by atoms with Crippen molar-refractivity contribution in [3.63, 3.8) is 0 Å². The number of rotatable bonds is 5. The fraction of sp³-hybridized carbons (Fsp3) is 0.562. The molecule has 0 radical (unpaired) electrons. The van der Waals surface area contributed by atoms with Crippen molar-refractivity contribution in [1.82, 2.24) is 10.0 Å². The predicted molar refractivity (Wildman–Crippen MR) is 88.6 cm³/mol. The van der Waals surface area contributed by atoms with E-state index in [0.717, 1.165) is 38.3 Å². The van der Waals surface area contributed by atoms with Gasteiger partial charge >= 0.3 is 0 Å². The summed E-state index contributed by atoms with van der Waals surface area (Å²) in [7, 11) is -3.91. The largest absolute Gasteiger partial charge is 0.326 e. The number of hydrogen-bond acceptors (Lipinski definition) is 4. The van der Waals surface area contributed by atoms with Crippen molar-refractivity contribution in [3.05, 3.63) is 24.0 Å². The van der Waals surface area contributed by atoms with Crippen molar-refractivity contribution in [2.45, 2.75) is 49.6 Å². The molecule has 3 N–H and O–H groups in total. The number of carbonyl (C=O) groups is 1. The first kappa shape index (κ1) is 17.3. The van der Waals surface area contributed by atoms with Crippen LogP contribution in [0, 0.1) is 11.7 Å². The molecule has 1 amide bonds. The summed E-state index contributed by atoms with van der Waals surface area (Å²) >= 11 is 0. The molecule has 1 aliphatic heterocycles. The highest BCUT2D eigenvalue weighted by atomic mass is 32.2. The number of sulfonamides is 1. The van der Waals surface area contributed by atoms with Crippen LogP contribution < -0.4 is 15.4 Å². The molecule has 1 aromatic rings. The van der Waals surface area contributed by atoms with Crippen LogP contribution in [0.4, 0.5) is 10.1 Å². The maximum absolute atomic E-state index is 13.9. The van der Waals surface area contributed by atoms with E-state index in [1.165, 1.54) is 12.1 Å². The third kappa shape index (κ3) is 4.12. The zero-order valence-corrected chi connectivity index (χ0v) is 14.3. The van der Waals surface area contributed by atoms with Crippen LogP contribution in [0.2, 0.25) is 0 Å². The van der Waals surface area contributed by atoms with Gasteiger partial charge in [0.1, 0.15) is 10.7 Å². The molecule has 1 aliphatic carbocycles. The Balaban J connectivity index is 1.74. The van der Waals surface area contributed by atoms with Crippen LogP contribution in [0.15, 0.2) is 23.1 Å². The van der Waals surface area contributed by atoms with Gasteiger partial charge in [-0.25, -0.2) is 17.5 Å². The maximum atomic E-state index is 13.9. The number of anilines is 1. The van der Waals surface area contributed by atoms with Gasteiger partial charge in [-0.2, -0.15) is 0 Å². The van der Waals surface area contributed by atoms with E-state index in [1.54, 1.807) is 0 Å². The topological polar surface area (TPSA) is 87.3 Å². The van der Waals surface area contributed by atoms with Gasteiger partial charge in [0.2, 0.25) is 15.9 Å². The Bertz CT molecular complexity index is 734. The summed E-state index contributed by atoms with van der Waals surface area (Å²) in [5.41, 5.74) is 0.295. The summed E-state index contributed by atoms with van der Waals surface area (Å²) in [6, 6.07) is 3.80. The van der Waals surface area contributed by atoms with Gasteiger partial charge in [0.05, 0.1) is 0 Å². The molecular formula is C16H22FN3O3S. The smallest absolute Gasteiger partial charge is 0.243 e. The second-order valence-electron chi connectivity index (χ2n) is 6.61. The number of nitrogens with one attached hydrogen (secondary N) is 3. The Kier molecular flexibility index (Phi) is 4.89. The molecule has 0 unspecified atom stereocenters. The lowest BCUT2D eigenvalue weighted by Gasteiger charge is -2.27. The molecule has 0 aromatic heterocycles. The third-order valence-corrected chi connectivity index (χ3v) is 5.92. The maximum Gasteiger partial charge on any atom is 0.243 e.